The highest BCUT2D eigenvalue weighted by Crippen LogP contribution is 2.19. The zero-order valence-corrected chi connectivity index (χ0v) is 11.3. The van der Waals surface area contributed by atoms with E-state index in [0.29, 0.717) is 11.3 Å². The fraction of sp³-hybridized carbons (Fsp3) is 0.500. The number of benzene rings is 1. The molecule has 4 nitrogen and oxygen atoms in total. The number of hydrogen-bond donors (Lipinski definition) is 0. The van der Waals surface area contributed by atoms with Crippen LogP contribution in [-0.4, -0.2) is 39.3 Å². The van der Waals surface area contributed by atoms with Gasteiger partial charge in [0.15, 0.2) is 0 Å². The van der Waals surface area contributed by atoms with E-state index in [2.05, 4.69) is 18.0 Å². The summed E-state index contributed by atoms with van der Waals surface area (Å²) in [7, 11) is 5.35. The van der Waals surface area contributed by atoms with Crippen LogP contribution in [0.25, 0.3) is 0 Å². The van der Waals surface area contributed by atoms with Gasteiger partial charge in [-0.3, -0.25) is 0 Å². The van der Waals surface area contributed by atoms with E-state index in [1.54, 1.807) is 14.2 Å². The van der Waals surface area contributed by atoms with Gasteiger partial charge in [0.2, 0.25) is 0 Å². The van der Waals surface area contributed by atoms with Crippen LogP contribution in [0.1, 0.15) is 17.5 Å². The van der Waals surface area contributed by atoms with Crippen molar-refractivity contribution in [2.24, 2.45) is 0 Å². The lowest BCUT2D eigenvalue weighted by atomic mass is 10.1. The minimum atomic E-state index is 0.584. The predicted molar refractivity (Wildman–Crippen MR) is 70.5 cm³/mol. The lowest BCUT2D eigenvalue weighted by Crippen LogP contribution is -2.20. The Balaban J connectivity index is 2.59. The largest absolute Gasteiger partial charge is 0.495 e. The van der Waals surface area contributed by atoms with E-state index >= 15 is 0 Å². The Labute approximate surface area is 109 Å². The number of hydrogen-bond acceptors (Lipinski definition) is 4. The molecule has 0 unspecified atom stereocenters. The summed E-state index contributed by atoms with van der Waals surface area (Å²) in [6.07, 6.45) is 1.01. The van der Waals surface area contributed by atoms with Gasteiger partial charge in [0, 0.05) is 26.8 Å². The lowest BCUT2D eigenvalue weighted by molar-refractivity contribution is 0.178. The van der Waals surface area contributed by atoms with E-state index in [1.807, 2.05) is 18.2 Å². The van der Waals surface area contributed by atoms with E-state index < -0.39 is 0 Å². The molecule has 0 fully saturated rings. The van der Waals surface area contributed by atoms with Gasteiger partial charge in [-0.05, 0) is 31.2 Å². The van der Waals surface area contributed by atoms with Crippen LogP contribution in [0.2, 0.25) is 0 Å². The molecular formula is C14H20N2O2. The molecule has 0 spiro atoms. The molecule has 0 atom stereocenters. The van der Waals surface area contributed by atoms with Crippen LogP contribution in [0.5, 0.6) is 5.75 Å². The van der Waals surface area contributed by atoms with Crippen LogP contribution in [0.15, 0.2) is 18.2 Å². The van der Waals surface area contributed by atoms with Gasteiger partial charge in [-0.15, -0.1) is 0 Å². The zero-order chi connectivity index (χ0) is 13.4. The Morgan fingerprint density at radius 1 is 1.33 bits per heavy atom. The van der Waals surface area contributed by atoms with Gasteiger partial charge >= 0.3 is 0 Å². The molecule has 0 aromatic heterocycles. The predicted octanol–water partition coefficient (Wildman–Crippen LogP) is 2.04. The summed E-state index contributed by atoms with van der Waals surface area (Å²) in [6, 6.07) is 7.87. The Hall–Kier alpha value is -1.57. The number of ether oxygens (including phenoxy) is 2. The highest BCUT2D eigenvalue weighted by atomic mass is 16.5. The van der Waals surface area contributed by atoms with E-state index in [4.69, 9.17) is 14.7 Å². The lowest BCUT2D eigenvalue weighted by Gasteiger charge is -2.16. The molecule has 1 aromatic rings. The molecule has 0 aliphatic carbocycles. The molecule has 0 heterocycles. The van der Waals surface area contributed by atoms with Crippen LogP contribution in [0, 0.1) is 11.3 Å². The maximum Gasteiger partial charge on any atom is 0.136 e. The highest BCUT2D eigenvalue weighted by Gasteiger charge is 2.05. The SMILES string of the molecule is COCCCN(C)Cc1ccc(OC)c(C#N)c1. The Bertz CT molecular complexity index is 413. The normalized spacial score (nSPS) is 10.4. The van der Waals surface area contributed by atoms with Crippen molar-refractivity contribution in [2.75, 3.05) is 34.4 Å². The van der Waals surface area contributed by atoms with Crippen molar-refractivity contribution < 1.29 is 9.47 Å². The van der Waals surface area contributed by atoms with E-state index in [0.717, 1.165) is 31.7 Å². The Morgan fingerprint density at radius 2 is 2.11 bits per heavy atom. The molecule has 0 saturated heterocycles. The first-order chi connectivity index (χ1) is 8.71. The average molecular weight is 248 g/mol. The van der Waals surface area contributed by atoms with Crippen LogP contribution in [-0.2, 0) is 11.3 Å². The Kier molecular flexibility index (Phi) is 6.20. The second kappa shape index (κ2) is 7.70. The topological polar surface area (TPSA) is 45.5 Å². The number of nitrogens with zero attached hydrogens (tertiary/aromatic N) is 2. The van der Waals surface area contributed by atoms with Crippen LogP contribution >= 0.6 is 0 Å². The van der Waals surface area contributed by atoms with E-state index in [-0.39, 0.29) is 0 Å². The summed E-state index contributed by atoms with van der Waals surface area (Å²) < 4.78 is 10.1. The first kappa shape index (κ1) is 14.5. The summed E-state index contributed by atoms with van der Waals surface area (Å²) in [5.74, 6) is 0.628. The molecule has 0 radical (unpaired) electrons. The van der Waals surface area contributed by atoms with Crippen molar-refractivity contribution in [3.63, 3.8) is 0 Å². The van der Waals surface area contributed by atoms with Gasteiger partial charge in [-0.25, -0.2) is 0 Å². The molecule has 4 heteroatoms. The number of methoxy groups -OCH3 is 2. The third kappa shape index (κ3) is 4.36. The quantitative estimate of drug-likeness (QED) is 0.693. The minimum Gasteiger partial charge on any atom is -0.495 e. The summed E-state index contributed by atoms with van der Waals surface area (Å²) in [6.45, 7) is 2.57. The fourth-order valence-electron chi connectivity index (χ4n) is 1.81. The summed E-state index contributed by atoms with van der Waals surface area (Å²) in [4.78, 5) is 2.21. The van der Waals surface area contributed by atoms with Crippen LogP contribution in [0.4, 0.5) is 0 Å². The van der Waals surface area contributed by atoms with Crippen molar-refractivity contribution in [1.82, 2.24) is 4.90 Å². The molecule has 0 bridgehead atoms. The van der Waals surface area contributed by atoms with Gasteiger partial charge < -0.3 is 14.4 Å². The van der Waals surface area contributed by atoms with Crippen molar-refractivity contribution in [1.29, 1.82) is 5.26 Å². The first-order valence-electron chi connectivity index (χ1n) is 5.95. The molecule has 0 aliphatic heterocycles. The van der Waals surface area contributed by atoms with Gasteiger partial charge in [0.05, 0.1) is 12.7 Å². The fourth-order valence-corrected chi connectivity index (χ4v) is 1.81. The summed E-state index contributed by atoms with van der Waals surface area (Å²) in [5, 5.41) is 9.02. The standard InChI is InChI=1S/C14H20N2O2/c1-16(7-4-8-17-2)11-12-5-6-14(18-3)13(9-12)10-15/h5-6,9H,4,7-8,11H2,1-3H3. The highest BCUT2D eigenvalue weighted by molar-refractivity contribution is 5.45. The van der Waals surface area contributed by atoms with Gasteiger partial charge in [0.1, 0.15) is 11.8 Å². The van der Waals surface area contributed by atoms with Gasteiger partial charge in [-0.1, -0.05) is 6.07 Å². The second-order valence-corrected chi connectivity index (χ2v) is 4.23. The van der Waals surface area contributed by atoms with Crippen LogP contribution in [0.3, 0.4) is 0 Å². The van der Waals surface area contributed by atoms with Gasteiger partial charge in [0.25, 0.3) is 0 Å². The molecular weight excluding hydrogens is 228 g/mol. The van der Waals surface area contributed by atoms with E-state index in [1.165, 1.54) is 0 Å². The van der Waals surface area contributed by atoms with Crippen molar-refractivity contribution in [3.05, 3.63) is 29.3 Å². The molecule has 98 valence electrons. The second-order valence-electron chi connectivity index (χ2n) is 4.23. The first-order valence-corrected chi connectivity index (χ1v) is 5.95. The molecule has 0 N–H and O–H groups in total. The molecule has 18 heavy (non-hydrogen) atoms. The number of nitriles is 1. The maximum absolute atomic E-state index is 9.02. The summed E-state index contributed by atoms with van der Waals surface area (Å²) >= 11 is 0. The molecule has 0 aliphatic rings. The van der Waals surface area contributed by atoms with Crippen molar-refractivity contribution in [3.8, 4) is 11.8 Å². The van der Waals surface area contributed by atoms with Crippen LogP contribution < -0.4 is 4.74 Å². The smallest absolute Gasteiger partial charge is 0.136 e. The Morgan fingerprint density at radius 3 is 2.72 bits per heavy atom. The number of rotatable bonds is 7. The summed E-state index contributed by atoms with van der Waals surface area (Å²) in [5.41, 5.74) is 1.70. The van der Waals surface area contributed by atoms with Crippen molar-refractivity contribution in [2.45, 2.75) is 13.0 Å². The zero-order valence-electron chi connectivity index (χ0n) is 11.3. The molecule has 0 amide bonds. The average Bonchev–Trinajstić information content (AvgIpc) is 2.39. The minimum absolute atomic E-state index is 0.584. The molecule has 1 rings (SSSR count). The third-order valence-corrected chi connectivity index (χ3v) is 2.73. The monoisotopic (exact) mass is 248 g/mol. The van der Waals surface area contributed by atoms with Gasteiger partial charge in [-0.2, -0.15) is 5.26 Å². The van der Waals surface area contributed by atoms with Crippen molar-refractivity contribution >= 4 is 0 Å². The molecule has 0 saturated carbocycles. The third-order valence-electron chi connectivity index (χ3n) is 2.73. The molecule has 1 aromatic carbocycles. The van der Waals surface area contributed by atoms with E-state index in [9.17, 15) is 0 Å². The maximum atomic E-state index is 9.02.